The molecule has 0 saturated carbocycles. The smallest absolute Gasteiger partial charge is 0.136 e. The largest absolute Gasteiger partial charge is 0.370 e. The van der Waals surface area contributed by atoms with Crippen LogP contribution in [0.2, 0.25) is 0 Å². The minimum Gasteiger partial charge on any atom is -0.370 e. The molecular weight excluding hydrogens is 252 g/mol. The molecule has 2 N–H and O–H groups in total. The van der Waals surface area contributed by atoms with Gasteiger partial charge in [-0.25, -0.2) is 9.97 Å². The van der Waals surface area contributed by atoms with Gasteiger partial charge >= 0.3 is 0 Å². The molecule has 0 radical (unpaired) electrons. The summed E-state index contributed by atoms with van der Waals surface area (Å²) in [5, 5.41) is 10.7. The maximum Gasteiger partial charge on any atom is 0.136 e. The first-order chi connectivity index (χ1) is 9.58. The van der Waals surface area contributed by atoms with E-state index in [2.05, 4.69) is 46.5 Å². The second kappa shape index (κ2) is 6.36. The van der Waals surface area contributed by atoms with Crippen molar-refractivity contribution in [2.24, 2.45) is 7.05 Å². The number of anilines is 3. The summed E-state index contributed by atoms with van der Waals surface area (Å²) in [7, 11) is 1.89. The number of nitrogens with one attached hydrogen (secondary N) is 2. The molecule has 0 aliphatic heterocycles. The van der Waals surface area contributed by atoms with Crippen LogP contribution >= 0.6 is 0 Å². The fraction of sp³-hybridized carbons (Fsp3) is 0.500. The van der Waals surface area contributed by atoms with Crippen molar-refractivity contribution < 1.29 is 0 Å². The number of rotatable bonds is 6. The number of hydrogen-bond donors (Lipinski definition) is 2. The van der Waals surface area contributed by atoms with Crippen molar-refractivity contribution in [2.45, 2.75) is 33.1 Å². The van der Waals surface area contributed by atoms with E-state index in [1.54, 1.807) is 10.9 Å². The number of nitrogens with zero attached hydrogens (tertiary/aromatic N) is 4. The third kappa shape index (κ3) is 3.69. The molecule has 0 saturated heterocycles. The van der Waals surface area contributed by atoms with Crippen LogP contribution in [0.4, 0.5) is 17.3 Å². The lowest BCUT2D eigenvalue weighted by Crippen LogP contribution is -2.08. The molecule has 2 aromatic heterocycles. The van der Waals surface area contributed by atoms with Crippen LogP contribution in [-0.2, 0) is 7.05 Å². The van der Waals surface area contributed by atoms with Gasteiger partial charge in [0.25, 0.3) is 0 Å². The van der Waals surface area contributed by atoms with E-state index in [1.807, 2.05) is 19.3 Å². The van der Waals surface area contributed by atoms with E-state index in [4.69, 9.17) is 0 Å². The Hall–Kier alpha value is -2.11. The molecule has 0 amide bonds. The normalized spacial score (nSPS) is 10.8. The quantitative estimate of drug-likeness (QED) is 0.847. The van der Waals surface area contributed by atoms with Crippen LogP contribution in [0.5, 0.6) is 0 Å². The SMILES string of the molecule is CCCNc1cc(Nc2cnn(C)c2)nc(C(C)C)n1. The number of aromatic nitrogens is 4. The zero-order valence-electron chi connectivity index (χ0n) is 12.5. The predicted octanol–water partition coefficient (Wildman–Crippen LogP) is 2.90. The topological polar surface area (TPSA) is 67.7 Å². The first kappa shape index (κ1) is 14.3. The van der Waals surface area contributed by atoms with Gasteiger partial charge in [-0.1, -0.05) is 20.8 Å². The Kier molecular flexibility index (Phi) is 4.55. The van der Waals surface area contributed by atoms with Gasteiger partial charge in [0.05, 0.1) is 11.9 Å². The lowest BCUT2D eigenvalue weighted by Gasteiger charge is -2.11. The van der Waals surface area contributed by atoms with Crippen LogP contribution in [0.15, 0.2) is 18.5 Å². The number of aryl methyl sites for hydroxylation is 1. The molecule has 0 aliphatic rings. The molecule has 6 heteroatoms. The van der Waals surface area contributed by atoms with Crippen LogP contribution in [-0.4, -0.2) is 26.3 Å². The van der Waals surface area contributed by atoms with Gasteiger partial charge in [0, 0.05) is 31.8 Å². The highest BCUT2D eigenvalue weighted by atomic mass is 15.3. The molecule has 20 heavy (non-hydrogen) atoms. The van der Waals surface area contributed by atoms with Gasteiger partial charge in [-0.05, 0) is 6.42 Å². The van der Waals surface area contributed by atoms with Gasteiger partial charge in [-0.2, -0.15) is 5.10 Å². The third-order valence-electron chi connectivity index (χ3n) is 2.79. The average Bonchev–Trinajstić information content (AvgIpc) is 2.81. The summed E-state index contributed by atoms with van der Waals surface area (Å²) in [6.07, 6.45) is 4.75. The molecule has 108 valence electrons. The fourth-order valence-corrected chi connectivity index (χ4v) is 1.77. The molecule has 0 spiro atoms. The minimum absolute atomic E-state index is 0.285. The zero-order valence-corrected chi connectivity index (χ0v) is 12.5. The molecule has 0 aromatic carbocycles. The Labute approximate surface area is 119 Å². The summed E-state index contributed by atoms with van der Waals surface area (Å²) in [5.41, 5.74) is 0.919. The Bertz CT molecular complexity index is 561. The average molecular weight is 274 g/mol. The summed E-state index contributed by atoms with van der Waals surface area (Å²) >= 11 is 0. The van der Waals surface area contributed by atoms with Gasteiger partial charge in [0.1, 0.15) is 17.5 Å². The molecule has 2 rings (SSSR count). The monoisotopic (exact) mass is 274 g/mol. The van der Waals surface area contributed by atoms with Crippen molar-refractivity contribution in [2.75, 3.05) is 17.2 Å². The van der Waals surface area contributed by atoms with Gasteiger partial charge in [0.2, 0.25) is 0 Å². The van der Waals surface area contributed by atoms with E-state index >= 15 is 0 Å². The molecule has 0 fully saturated rings. The Morgan fingerprint density at radius 1 is 1.25 bits per heavy atom. The Balaban J connectivity index is 2.23. The molecule has 0 atom stereocenters. The summed E-state index contributed by atoms with van der Waals surface area (Å²) in [4.78, 5) is 9.08. The van der Waals surface area contributed by atoms with Crippen molar-refractivity contribution in [3.05, 3.63) is 24.3 Å². The second-order valence-corrected chi connectivity index (χ2v) is 5.11. The molecule has 2 aromatic rings. The molecule has 2 heterocycles. The summed E-state index contributed by atoms with van der Waals surface area (Å²) in [6, 6.07) is 1.93. The molecule has 0 unspecified atom stereocenters. The van der Waals surface area contributed by atoms with Crippen molar-refractivity contribution in [1.29, 1.82) is 0 Å². The molecule has 0 bridgehead atoms. The van der Waals surface area contributed by atoms with E-state index in [0.717, 1.165) is 36.1 Å². The van der Waals surface area contributed by atoms with Crippen LogP contribution in [0, 0.1) is 0 Å². The molecule has 6 nitrogen and oxygen atoms in total. The van der Waals surface area contributed by atoms with Crippen LogP contribution < -0.4 is 10.6 Å². The summed E-state index contributed by atoms with van der Waals surface area (Å²) in [6.45, 7) is 7.22. The first-order valence-corrected chi connectivity index (χ1v) is 6.97. The van der Waals surface area contributed by atoms with E-state index in [0.29, 0.717) is 0 Å². The van der Waals surface area contributed by atoms with Crippen LogP contribution in [0.1, 0.15) is 38.9 Å². The van der Waals surface area contributed by atoms with Gasteiger partial charge < -0.3 is 10.6 Å². The zero-order chi connectivity index (χ0) is 14.5. The lowest BCUT2D eigenvalue weighted by molar-refractivity contribution is 0.768. The summed E-state index contributed by atoms with van der Waals surface area (Å²) < 4.78 is 1.75. The third-order valence-corrected chi connectivity index (χ3v) is 2.79. The van der Waals surface area contributed by atoms with Crippen molar-refractivity contribution in [3.8, 4) is 0 Å². The van der Waals surface area contributed by atoms with Crippen molar-refractivity contribution in [3.63, 3.8) is 0 Å². The highest BCUT2D eigenvalue weighted by Crippen LogP contribution is 2.20. The van der Waals surface area contributed by atoms with E-state index in [9.17, 15) is 0 Å². The van der Waals surface area contributed by atoms with E-state index in [-0.39, 0.29) is 5.92 Å². The maximum atomic E-state index is 4.55. The van der Waals surface area contributed by atoms with Crippen molar-refractivity contribution in [1.82, 2.24) is 19.7 Å². The van der Waals surface area contributed by atoms with E-state index < -0.39 is 0 Å². The number of hydrogen-bond acceptors (Lipinski definition) is 5. The van der Waals surface area contributed by atoms with Crippen LogP contribution in [0.3, 0.4) is 0 Å². The highest BCUT2D eigenvalue weighted by molar-refractivity contribution is 5.57. The fourth-order valence-electron chi connectivity index (χ4n) is 1.77. The van der Waals surface area contributed by atoms with Gasteiger partial charge in [0.15, 0.2) is 0 Å². The van der Waals surface area contributed by atoms with Crippen molar-refractivity contribution >= 4 is 17.3 Å². The maximum absolute atomic E-state index is 4.55. The second-order valence-electron chi connectivity index (χ2n) is 5.11. The first-order valence-electron chi connectivity index (χ1n) is 6.97. The Morgan fingerprint density at radius 3 is 2.60 bits per heavy atom. The van der Waals surface area contributed by atoms with Crippen LogP contribution in [0.25, 0.3) is 0 Å². The standard InChI is InChI=1S/C14H22N6/c1-5-6-15-12-7-13(19-14(18-12)10(2)3)17-11-8-16-20(4)9-11/h7-10H,5-6H2,1-4H3,(H2,15,17,18,19). The Morgan fingerprint density at radius 2 is 2.00 bits per heavy atom. The summed E-state index contributed by atoms with van der Waals surface area (Å²) in [5.74, 6) is 2.76. The van der Waals surface area contributed by atoms with Gasteiger partial charge in [-0.15, -0.1) is 0 Å². The minimum atomic E-state index is 0.285. The van der Waals surface area contributed by atoms with E-state index in [1.165, 1.54) is 0 Å². The molecule has 0 aliphatic carbocycles. The lowest BCUT2D eigenvalue weighted by atomic mass is 10.2. The predicted molar refractivity (Wildman–Crippen MR) is 81.4 cm³/mol. The molecular formula is C14H22N6. The highest BCUT2D eigenvalue weighted by Gasteiger charge is 2.08. The van der Waals surface area contributed by atoms with Gasteiger partial charge in [-0.3, -0.25) is 4.68 Å².